The predicted molar refractivity (Wildman–Crippen MR) is 107 cm³/mol. The maximum absolute atomic E-state index is 12.0. The van der Waals surface area contributed by atoms with Crippen LogP contribution in [0, 0.1) is 10.1 Å². The van der Waals surface area contributed by atoms with Crippen LogP contribution in [0.15, 0.2) is 48.5 Å². The van der Waals surface area contributed by atoms with Crippen molar-refractivity contribution in [2.75, 3.05) is 13.1 Å². The van der Waals surface area contributed by atoms with Crippen molar-refractivity contribution in [3.05, 3.63) is 81.0 Å². The number of likely N-dealkylation sites (N-methyl/N-ethyl adjacent to an activating group) is 1. The van der Waals surface area contributed by atoms with Crippen molar-refractivity contribution in [1.82, 2.24) is 4.98 Å². The van der Waals surface area contributed by atoms with E-state index in [0.29, 0.717) is 40.8 Å². The van der Waals surface area contributed by atoms with Crippen LogP contribution < -0.4 is 10.0 Å². The molecule has 0 amide bonds. The largest absolute Gasteiger partial charge is 0.545 e. The van der Waals surface area contributed by atoms with E-state index in [4.69, 9.17) is 4.98 Å². The average Bonchev–Trinajstić information content (AvgIpc) is 2.72. The summed E-state index contributed by atoms with van der Waals surface area (Å²) in [7, 11) is 0. The molecule has 7 heteroatoms. The Hall–Kier alpha value is -3.58. The number of carbonyl (C=O) groups excluding carboxylic acids is 1. The summed E-state index contributed by atoms with van der Waals surface area (Å²) in [6, 6.07) is 13.6. The minimum atomic E-state index is -1.23. The van der Waals surface area contributed by atoms with E-state index in [1.54, 1.807) is 48.5 Å². The van der Waals surface area contributed by atoms with Gasteiger partial charge in [-0.05, 0) is 25.1 Å². The molecule has 4 rings (SSSR count). The van der Waals surface area contributed by atoms with Gasteiger partial charge in [0, 0.05) is 28.2 Å². The molecule has 0 spiro atoms. The summed E-state index contributed by atoms with van der Waals surface area (Å²) in [5.74, 6) is -1.23. The van der Waals surface area contributed by atoms with Crippen LogP contribution in [0.25, 0.3) is 22.6 Å². The van der Waals surface area contributed by atoms with Gasteiger partial charge in [-0.2, -0.15) is 0 Å². The second-order valence-electron chi connectivity index (χ2n) is 7.06. The van der Waals surface area contributed by atoms with Crippen molar-refractivity contribution >= 4 is 34.2 Å². The number of benzene rings is 2. The Morgan fingerprint density at radius 2 is 1.90 bits per heavy atom. The molecule has 0 radical (unpaired) electrons. The van der Waals surface area contributed by atoms with Crippen LogP contribution in [-0.2, 0) is 6.54 Å². The first-order valence-corrected chi connectivity index (χ1v) is 9.40. The molecule has 1 aliphatic rings. The van der Waals surface area contributed by atoms with Gasteiger partial charge < -0.3 is 14.8 Å². The van der Waals surface area contributed by atoms with E-state index >= 15 is 0 Å². The summed E-state index contributed by atoms with van der Waals surface area (Å²) in [5.41, 5.74) is 3.19. The first kappa shape index (κ1) is 18.8. The normalized spacial score (nSPS) is 17.3. The number of nitrogens with one attached hydrogen (secondary N) is 1. The first-order chi connectivity index (χ1) is 14.0. The summed E-state index contributed by atoms with van der Waals surface area (Å²) >= 11 is 0. The summed E-state index contributed by atoms with van der Waals surface area (Å²) < 4.78 is 0. The first-order valence-electron chi connectivity index (χ1n) is 9.40. The van der Waals surface area contributed by atoms with Gasteiger partial charge >= 0.3 is 0 Å². The molecular weight excluding hydrogens is 370 g/mol. The maximum atomic E-state index is 12.0. The maximum Gasteiger partial charge on any atom is 0.276 e. The highest BCUT2D eigenvalue weighted by Gasteiger charge is 2.29. The Bertz CT molecular complexity index is 1170. The van der Waals surface area contributed by atoms with Gasteiger partial charge in [-0.15, -0.1) is 0 Å². The van der Waals surface area contributed by atoms with E-state index < -0.39 is 10.9 Å². The molecule has 2 aromatic carbocycles. The molecule has 2 heterocycles. The van der Waals surface area contributed by atoms with E-state index in [-0.39, 0.29) is 11.3 Å². The topological polar surface area (TPSA) is 101 Å². The number of pyridine rings is 1. The smallest absolute Gasteiger partial charge is 0.276 e. The third-order valence-corrected chi connectivity index (χ3v) is 5.33. The summed E-state index contributed by atoms with van der Waals surface area (Å²) in [5, 5.41) is 24.0. The van der Waals surface area contributed by atoms with E-state index in [1.165, 1.54) is 6.07 Å². The Kier molecular flexibility index (Phi) is 4.82. The molecule has 0 fully saturated rings. The standard InChI is InChI=1S/C22H19N3O4/c1-2-24-12-15(11-14-7-3-6-10-19(14)25(28)29)21-17(13-24)20(22(26)27)16-8-4-5-9-18(16)23-21/h3-11H,2,12-13H2,1H3,(H,26,27)/b15-11+. The number of hydrogen-bond acceptors (Lipinski definition) is 5. The molecule has 0 bridgehead atoms. The fourth-order valence-electron chi connectivity index (χ4n) is 3.92. The van der Waals surface area contributed by atoms with Crippen LogP contribution in [0.2, 0.25) is 0 Å². The number of carboxylic acid groups (broad SMARTS) is 1. The van der Waals surface area contributed by atoms with Crippen LogP contribution >= 0.6 is 0 Å². The predicted octanol–water partition coefficient (Wildman–Crippen LogP) is 1.47. The third-order valence-electron chi connectivity index (χ3n) is 5.33. The fourth-order valence-corrected chi connectivity index (χ4v) is 3.92. The quantitative estimate of drug-likeness (QED) is 0.538. The summed E-state index contributed by atoms with van der Waals surface area (Å²) in [6.07, 6.45) is 1.76. The fraction of sp³-hybridized carbons (Fsp3) is 0.182. The van der Waals surface area contributed by atoms with Gasteiger partial charge in [-0.3, -0.25) is 10.1 Å². The number of fused-ring (bicyclic) bond motifs is 2. The molecule has 1 aromatic heterocycles. The number of aromatic nitrogens is 1. The number of carboxylic acids is 1. The Balaban J connectivity index is 2.00. The van der Waals surface area contributed by atoms with Gasteiger partial charge in [-0.25, -0.2) is 4.98 Å². The number of para-hydroxylation sites is 2. The van der Waals surface area contributed by atoms with Crippen LogP contribution in [0.1, 0.15) is 34.1 Å². The monoisotopic (exact) mass is 389 g/mol. The number of rotatable bonds is 4. The van der Waals surface area contributed by atoms with Gasteiger partial charge in [0.05, 0.1) is 34.2 Å². The van der Waals surface area contributed by atoms with Crippen molar-refractivity contribution in [3.63, 3.8) is 0 Å². The lowest BCUT2D eigenvalue weighted by molar-refractivity contribution is -0.905. The number of nitro benzene ring substituents is 1. The van der Waals surface area contributed by atoms with E-state index in [9.17, 15) is 20.0 Å². The molecule has 0 saturated carbocycles. The summed E-state index contributed by atoms with van der Waals surface area (Å²) in [4.78, 5) is 28.9. The van der Waals surface area contributed by atoms with E-state index in [2.05, 4.69) is 0 Å². The van der Waals surface area contributed by atoms with Gasteiger partial charge in [-0.1, -0.05) is 30.3 Å². The SMILES string of the molecule is CC[NH+]1C/C(=C\c2ccccc2[N+](=O)[O-])c2nc3ccccc3c(C(=O)[O-])c2C1. The van der Waals surface area contributed by atoms with Crippen molar-refractivity contribution in [2.24, 2.45) is 0 Å². The van der Waals surface area contributed by atoms with Gasteiger partial charge in [0.2, 0.25) is 0 Å². The zero-order valence-corrected chi connectivity index (χ0v) is 15.8. The van der Waals surface area contributed by atoms with Gasteiger partial charge in [0.25, 0.3) is 5.69 Å². The Morgan fingerprint density at radius 3 is 2.62 bits per heavy atom. The molecule has 3 aromatic rings. The van der Waals surface area contributed by atoms with Crippen LogP contribution in [-0.4, -0.2) is 29.0 Å². The highest BCUT2D eigenvalue weighted by atomic mass is 16.6. The number of hydrogen-bond donors (Lipinski definition) is 1. The molecule has 1 unspecified atom stereocenters. The highest BCUT2D eigenvalue weighted by molar-refractivity contribution is 6.05. The molecule has 29 heavy (non-hydrogen) atoms. The number of nitro groups is 1. The van der Waals surface area contributed by atoms with Crippen LogP contribution in [0.4, 0.5) is 5.69 Å². The van der Waals surface area contributed by atoms with Crippen LogP contribution in [0.3, 0.4) is 0 Å². The van der Waals surface area contributed by atoms with Crippen molar-refractivity contribution in [3.8, 4) is 0 Å². The zero-order chi connectivity index (χ0) is 20.5. The Labute approximate surface area is 167 Å². The average molecular weight is 389 g/mol. The highest BCUT2D eigenvalue weighted by Crippen LogP contribution is 2.31. The Morgan fingerprint density at radius 1 is 1.17 bits per heavy atom. The molecule has 0 saturated heterocycles. The number of aromatic carboxylic acids is 1. The van der Waals surface area contributed by atoms with Gasteiger partial charge in [0.15, 0.2) is 0 Å². The lowest BCUT2D eigenvalue weighted by Crippen LogP contribution is -3.11. The minimum Gasteiger partial charge on any atom is -0.545 e. The zero-order valence-electron chi connectivity index (χ0n) is 15.8. The lowest BCUT2D eigenvalue weighted by atomic mass is 9.92. The molecule has 1 N–H and O–H groups in total. The van der Waals surface area contributed by atoms with Crippen LogP contribution in [0.5, 0.6) is 0 Å². The molecule has 1 aliphatic heterocycles. The number of carbonyl (C=O) groups is 1. The molecular formula is C22H19N3O4. The van der Waals surface area contributed by atoms with Crippen molar-refractivity contribution in [2.45, 2.75) is 13.5 Å². The van der Waals surface area contributed by atoms with Gasteiger partial charge in [0.1, 0.15) is 13.1 Å². The molecule has 1 atom stereocenters. The van der Waals surface area contributed by atoms with Crippen molar-refractivity contribution in [1.29, 1.82) is 0 Å². The van der Waals surface area contributed by atoms with E-state index in [0.717, 1.165) is 17.0 Å². The molecule has 0 aliphatic carbocycles. The minimum absolute atomic E-state index is 0.00564. The van der Waals surface area contributed by atoms with Crippen molar-refractivity contribution < 1.29 is 19.7 Å². The second kappa shape index (κ2) is 7.44. The van der Waals surface area contributed by atoms with E-state index in [1.807, 2.05) is 6.92 Å². The molecule has 7 nitrogen and oxygen atoms in total. The summed E-state index contributed by atoms with van der Waals surface area (Å²) in [6.45, 7) is 3.93. The number of nitrogens with zero attached hydrogens (tertiary/aromatic N) is 2. The number of quaternary nitrogens is 1. The molecule has 146 valence electrons. The lowest BCUT2D eigenvalue weighted by Gasteiger charge is -2.29. The third kappa shape index (κ3) is 3.36. The second-order valence-corrected chi connectivity index (χ2v) is 7.06.